The van der Waals surface area contributed by atoms with Crippen LogP contribution in [-0.2, 0) is 5.41 Å². The van der Waals surface area contributed by atoms with E-state index in [2.05, 4.69) is 139 Å². The normalized spacial score (nSPS) is 12.0. The van der Waals surface area contributed by atoms with E-state index >= 15 is 0 Å². The Morgan fingerprint density at radius 3 is 1.50 bits per heavy atom. The molecule has 0 aliphatic carbocycles. The molecule has 0 aliphatic heterocycles. The van der Waals surface area contributed by atoms with Crippen molar-refractivity contribution in [3.8, 4) is 45.5 Å². The summed E-state index contributed by atoms with van der Waals surface area (Å²) in [5.74, 6) is 1.86. The van der Waals surface area contributed by atoms with Crippen molar-refractivity contribution in [2.24, 2.45) is 0 Å². The SMILES string of the molecule is CC(C)(C)c1ccc(-n2c3ccccc3c3cc(-c4ccc5c6ccccc6n(-c6nc(-c7ccccc7)nc(-c7ccccc7)n6)c5c4)ccc32)cc1. The van der Waals surface area contributed by atoms with Crippen molar-refractivity contribution in [2.45, 2.75) is 26.2 Å². The zero-order valence-corrected chi connectivity index (χ0v) is 30.4. The van der Waals surface area contributed by atoms with Gasteiger partial charge in [0.25, 0.3) is 0 Å². The minimum atomic E-state index is 0.0962. The van der Waals surface area contributed by atoms with Crippen molar-refractivity contribution < 1.29 is 0 Å². The van der Waals surface area contributed by atoms with Crippen LogP contribution in [0.3, 0.4) is 0 Å². The molecule has 0 radical (unpaired) electrons. The Morgan fingerprint density at radius 1 is 0.370 bits per heavy atom. The smallest absolute Gasteiger partial charge is 0.238 e. The van der Waals surface area contributed by atoms with Gasteiger partial charge in [-0.15, -0.1) is 0 Å². The van der Waals surface area contributed by atoms with Crippen molar-refractivity contribution in [3.63, 3.8) is 0 Å². The lowest BCUT2D eigenvalue weighted by Crippen LogP contribution is -2.10. The van der Waals surface area contributed by atoms with Crippen molar-refractivity contribution in [2.75, 3.05) is 0 Å². The van der Waals surface area contributed by atoms with Crippen molar-refractivity contribution in [1.29, 1.82) is 0 Å². The molecule has 0 atom stereocenters. The molecule has 258 valence electrons. The molecule has 0 amide bonds. The number of aromatic nitrogens is 5. The Kier molecular flexibility index (Phi) is 7.31. The fraction of sp³-hybridized carbons (Fsp3) is 0.0816. The number of benzene rings is 7. The molecule has 0 aliphatic rings. The quantitative estimate of drug-likeness (QED) is 0.180. The molecular formula is C49H37N5. The maximum Gasteiger partial charge on any atom is 0.238 e. The largest absolute Gasteiger partial charge is 0.309 e. The Morgan fingerprint density at radius 2 is 0.870 bits per heavy atom. The average molecular weight is 696 g/mol. The summed E-state index contributed by atoms with van der Waals surface area (Å²) in [6.45, 7) is 6.78. The lowest BCUT2D eigenvalue weighted by atomic mass is 9.87. The van der Waals surface area contributed by atoms with E-state index in [9.17, 15) is 0 Å². The fourth-order valence-corrected chi connectivity index (χ4v) is 7.80. The van der Waals surface area contributed by atoms with E-state index in [0.29, 0.717) is 17.6 Å². The molecule has 0 N–H and O–H groups in total. The predicted molar refractivity (Wildman–Crippen MR) is 224 cm³/mol. The van der Waals surface area contributed by atoms with Gasteiger partial charge in [0.05, 0.1) is 22.1 Å². The Balaban J connectivity index is 1.17. The average Bonchev–Trinajstić information content (AvgIpc) is 3.73. The summed E-state index contributed by atoms with van der Waals surface area (Å²) in [5.41, 5.74) is 11.2. The molecule has 3 aromatic heterocycles. The molecule has 10 rings (SSSR count). The zero-order chi connectivity index (χ0) is 36.4. The molecule has 0 saturated carbocycles. The maximum absolute atomic E-state index is 5.14. The summed E-state index contributed by atoms with van der Waals surface area (Å²) < 4.78 is 4.58. The molecule has 7 aromatic carbocycles. The van der Waals surface area contributed by atoms with E-state index in [0.717, 1.165) is 49.7 Å². The number of rotatable bonds is 5. The third kappa shape index (κ3) is 5.28. The molecule has 0 spiro atoms. The second kappa shape index (κ2) is 12.4. The van der Waals surface area contributed by atoms with Crippen molar-refractivity contribution >= 4 is 43.6 Å². The van der Waals surface area contributed by atoms with Crippen LogP contribution in [0, 0.1) is 0 Å². The summed E-state index contributed by atoms with van der Waals surface area (Å²) in [7, 11) is 0. The van der Waals surface area contributed by atoms with Crippen molar-refractivity contribution in [3.05, 3.63) is 175 Å². The molecule has 10 aromatic rings. The van der Waals surface area contributed by atoms with Gasteiger partial charge in [-0.1, -0.05) is 148 Å². The molecular weight excluding hydrogens is 659 g/mol. The highest BCUT2D eigenvalue weighted by atomic mass is 15.2. The lowest BCUT2D eigenvalue weighted by molar-refractivity contribution is 0.590. The summed E-state index contributed by atoms with van der Waals surface area (Å²) >= 11 is 0. The van der Waals surface area contributed by atoms with E-state index in [1.54, 1.807) is 0 Å². The van der Waals surface area contributed by atoms with Crippen LogP contribution in [0.15, 0.2) is 170 Å². The molecule has 0 bridgehead atoms. The summed E-state index contributed by atoms with van der Waals surface area (Å²) in [6, 6.07) is 60.2. The second-order valence-electron chi connectivity index (χ2n) is 15.0. The Hall–Kier alpha value is -6.85. The molecule has 0 fully saturated rings. The topological polar surface area (TPSA) is 48.5 Å². The molecule has 0 unspecified atom stereocenters. The maximum atomic E-state index is 5.14. The number of para-hydroxylation sites is 2. The molecule has 0 saturated heterocycles. The van der Waals surface area contributed by atoms with Crippen molar-refractivity contribution in [1.82, 2.24) is 24.1 Å². The van der Waals surface area contributed by atoms with Gasteiger partial charge in [-0.2, -0.15) is 9.97 Å². The minimum Gasteiger partial charge on any atom is -0.309 e. The van der Waals surface area contributed by atoms with Gasteiger partial charge >= 0.3 is 0 Å². The first-order valence-corrected chi connectivity index (χ1v) is 18.5. The van der Waals surface area contributed by atoms with E-state index in [-0.39, 0.29) is 5.41 Å². The van der Waals surface area contributed by atoms with Gasteiger partial charge in [-0.05, 0) is 64.6 Å². The molecule has 5 nitrogen and oxygen atoms in total. The summed E-state index contributed by atoms with van der Waals surface area (Å²) in [6.07, 6.45) is 0. The van der Waals surface area contributed by atoms with Gasteiger partial charge in [-0.25, -0.2) is 4.98 Å². The minimum absolute atomic E-state index is 0.0962. The summed E-state index contributed by atoms with van der Waals surface area (Å²) in [5, 5.41) is 4.75. The van der Waals surface area contributed by atoms with Gasteiger partial charge in [0.2, 0.25) is 5.95 Å². The Labute approximate surface area is 313 Å². The van der Waals surface area contributed by atoms with Crippen LogP contribution in [0.1, 0.15) is 26.3 Å². The highest BCUT2D eigenvalue weighted by molar-refractivity contribution is 6.12. The molecule has 54 heavy (non-hydrogen) atoms. The highest BCUT2D eigenvalue weighted by Gasteiger charge is 2.20. The van der Waals surface area contributed by atoms with E-state index < -0.39 is 0 Å². The predicted octanol–water partition coefficient (Wildman–Crippen LogP) is 12.4. The van der Waals surface area contributed by atoms with Gasteiger partial charge in [0, 0.05) is 38.4 Å². The van der Waals surface area contributed by atoms with Gasteiger partial charge in [0.15, 0.2) is 11.6 Å². The van der Waals surface area contributed by atoms with Gasteiger partial charge in [0.1, 0.15) is 0 Å². The first-order chi connectivity index (χ1) is 26.4. The van der Waals surface area contributed by atoms with Gasteiger partial charge < -0.3 is 4.57 Å². The van der Waals surface area contributed by atoms with Crippen LogP contribution >= 0.6 is 0 Å². The van der Waals surface area contributed by atoms with Crippen LogP contribution in [0.5, 0.6) is 0 Å². The highest BCUT2D eigenvalue weighted by Crippen LogP contribution is 2.38. The van der Waals surface area contributed by atoms with E-state index in [4.69, 9.17) is 15.0 Å². The third-order valence-electron chi connectivity index (χ3n) is 10.6. The van der Waals surface area contributed by atoms with Crippen LogP contribution in [0.25, 0.3) is 89.2 Å². The van der Waals surface area contributed by atoms with Crippen LogP contribution < -0.4 is 0 Å². The first-order valence-electron chi connectivity index (χ1n) is 18.5. The Bertz CT molecular complexity index is 2950. The number of fused-ring (bicyclic) bond motifs is 6. The molecule has 5 heteroatoms. The molecule has 3 heterocycles. The van der Waals surface area contributed by atoms with E-state index in [1.165, 1.54) is 27.4 Å². The fourth-order valence-electron chi connectivity index (χ4n) is 7.80. The van der Waals surface area contributed by atoms with Gasteiger partial charge in [-0.3, -0.25) is 4.57 Å². The van der Waals surface area contributed by atoms with Crippen LogP contribution in [0.4, 0.5) is 0 Å². The summed E-state index contributed by atoms with van der Waals surface area (Å²) in [4.78, 5) is 15.2. The number of hydrogen-bond donors (Lipinski definition) is 0. The van der Waals surface area contributed by atoms with E-state index in [1.807, 2.05) is 60.7 Å². The third-order valence-corrected chi connectivity index (χ3v) is 10.6. The number of nitrogens with zero attached hydrogens (tertiary/aromatic N) is 5. The second-order valence-corrected chi connectivity index (χ2v) is 15.0. The van der Waals surface area contributed by atoms with Crippen LogP contribution in [-0.4, -0.2) is 24.1 Å². The van der Waals surface area contributed by atoms with Crippen LogP contribution in [0.2, 0.25) is 0 Å². The lowest BCUT2D eigenvalue weighted by Gasteiger charge is -2.19. The standard InChI is InChI=1S/C49H37N5/c1-49(2,3)36-24-26-37(27-25-36)53-42-20-12-11-19-39(42)41-30-34(23-29-44(41)53)35-22-28-40-38-18-10-13-21-43(38)54(45(40)31-35)48-51-46(32-14-6-4-7-15-32)50-47(52-48)33-16-8-5-9-17-33/h4-31H,1-3H3. The monoisotopic (exact) mass is 695 g/mol. The number of hydrogen-bond acceptors (Lipinski definition) is 3. The first kappa shape index (κ1) is 31.9. The zero-order valence-electron chi connectivity index (χ0n) is 30.4.